The van der Waals surface area contributed by atoms with Gasteiger partial charge in [-0.25, -0.2) is 0 Å². The Labute approximate surface area is 228 Å². The van der Waals surface area contributed by atoms with E-state index in [9.17, 15) is 18.0 Å². The first-order valence-electron chi connectivity index (χ1n) is 13.8. The summed E-state index contributed by atoms with van der Waals surface area (Å²) in [6.45, 7) is 4.82. The van der Waals surface area contributed by atoms with Crippen LogP contribution >= 0.6 is 0 Å². The average molecular weight is 537 g/mol. The van der Waals surface area contributed by atoms with Gasteiger partial charge in [-0.2, -0.15) is 13.2 Å². The normalized spacial score (nSPS) is 17.3. The number of halogens is 3. The number of alkyl halides is 3. The van der Waals surface area contributed by atoms with E-state index >= 15 is 0 Å². The smallest absolute Gasteiger partial charge is 0.416 e. The largest absolute Gasteiger partial charge is 0.492 e. The second-order valence-electron chi connectivity index (χ2n) is 10.7. The third-order valence-electron chi connectivity index (χ3n) is 7.89. The monoisotopic (exact) mass is 536 g/mol. The van der Waals surface area contributed by atoms with E-state index in [0.717, 1.165) is 74.9 Å². The van der Waals surface area contributed by atoms with Gasteiger partial charge in [0.1, 0.15) is 12.4 Å². The van der Waals surface area contributed by atoms with Gasteiger partial charge in [0.25, 0.3) is 0 Å². The molecule has 7 heteroatoms. The minimum Gasteiger partial charge on any atom is -0.492 e. The van der Waals surface area contributed by atoms with Gasteiger partial charge in [0.15, 0.2) is 5.78 Å². The molecule has 1 fully saturated rings. The number of carbonyl (C=O) groups is 1. The third kappa shape index (κ3) is 7.28. The summed E-state index contributed by atoms with van der Waals surface area (Å²) in [6.07, 6.45) is -1.26. The van der Waals surface area contributed by atoms with Gasteiger partial charge >= 0.3 is 6.18 Å². The van der Waals surface area contributed by atoms with Crippen molar-refractivity contribution in [3.8, 4) is 5.75 Å². The molecule has 3 aromatic carbocycles. The minimum absolute atomic E-state index is 0.137. The van der Waals surface area contributed by atoms with Crippen LogP contribution in [0.5, 0.6) is 5.75 Å². The molecule has 0 atom stereocenters. The Morgan fingerprint density at radius 1 is 0.872 bits per heavy atom. The van der Waals surface area contributed by atoms with Gasteiger partial charge in [0.2, 0.25) is 0 Å². The Balaban J connectivity index is 1.12. The first kappa shape index (κ1) is 27.4. The molecule has 0 amide bonds. The van der Waals surface area contributed by atoms with Crippen molar-refractivity contribution < 1.29 is 22.7 Å². The van der Waals surface area contributed by atoms with Crippen LogP contribution in [0.3, 0.4) is 0 Å². The molecule has 2 aliphatic heterocycles. The van der Waals surface area contributed by atoms with Crippen LogP contribution in [0.4, 0.5) is 13.2 Å². The number of ether oxygens (including phenoxy) is 1. The van der Waals surface area contributed by atoms with E-state index in [1.54, 1.807) is 12.1 Å². The maximum Gasteiger partial charge on any atom is 0.416 e. The van der Waals surface area contributed by atoms with Crippen molar-refractivity contribution in [2.45, 2.75) is 51.5 Å². The minimum atomic E-state index is -4.34. The van der Waals surface area contributed by atoms with Crippen LogP contribution < -0.4 is 4.74 Å². The number of hydrogen-bond donors (Lipinski definition) is 0. The average Bonchev–Trinajstić information content (AvgIpc) is 3.14. The number of piperidine rings is 1. The van der Waals surface area contributed by atoms with Gasteiger partial charge in [0.05, 0.1) is 5.56 Å². The summed E-state index contributed by atoms with van der Waals surface area (Å²) < 4.78 is 46.0. The van der Waals surface area contributed by atoms with E-state index in [4.69, 9.17) is 4.74 Å². The second-order valence-corrected chi connectivity index (χ2v) is 10.7. The highest BCUT2D eigenvalue weighted by Crippen LogP contribution is 2.33. The summed E-state index contributed by atoms with van der Waals surface area (Å²) in [6, 6.07) is 22.0. The molecule has 0 spiro atoms. The number of rotatable bonds is 8. The van der Waals surface area contributed by atoms with Gasteiger partial charge in [-0.05, 0) is 73.7 Å². The fourth-order valence-electron chi connectivity index (χ4n) is 5.69. The van der Waals surface area contributed by atoms with Crippen LogP contribution in [0.2, 0.25) is 0 Å². The summed E-state index contributed by atoms with van der Waals surface area (Å²) in [5.74, 6) is 1.40. The lowest BCUT2D eigenvalue weighted by atomic mass is 9.90. The highest BCUT2D eigenvalue weighted by Gasteiger charge is 2.33. The van der Waals surface area contributed by atoms with Crippen molar-refractivity contribution in [2.75, 3.05) is 26.2 Å². The Bertz CT molecular complexity index is 1250. The highest BCUT2D eigenvalue weighted by molar-refractivity contribution is 5.96. The molecule has 0 unspecified atom stereocenters. The summed E-state index contributed by atoms with van der Waals surface area (Å²) in [4.78, 5) is 17.5. The number of nitrogens with zero attached hydrogens (tertiary/aromatic N) is 2. The molecule has 0 bridgehead atoms. The molecule has 3 aromatic rings. The molecule has 0 aliphatic carbocycles. The molecule has 4 nitrogen and oxygen atoms in total. The summed E-state index contributed by atoms with van der Waals surface area (Å²) in [5, 5.41) is 0. The molecule has 1 saturated heterocycles. The van der Waals surface area contributed by atoms with E-state index in [-0.39, 0.29) is 5.78 Å². The van der Waals surface area contributed by atoms with E-state index in [1.807, 2.05) is 36.4 Å². The van der Waals surface area contributed by atoms with Crippen molar-refractivity contribution in [3.63, 3.8) is 0 Å². The van der Waals surface area contributed by atoms with Gasteiger partial charge in [-0.3, -0.25) is 14.6 Å². The van der Waals surface area contributed by atoms with Gasteiger partial charge in [-0.1, -0.05) is 48.5 Å². The van der Waals surface area contributed by atoms with E-state index in [2.05, 4.69) is 21.9 Å². The Hall–Kier alpha value is -3.16. The number of carbonyl (C=O) groups excluding carboxylic acids is 1. The predicted octanol–water partition coefficient (Wildman–Crippen LogP) is 6.98. The molecule has 0 radical (unpaired) electrons. The molecule has 206 valence electrons. The standard InChI is InChI=1S/C32H35F3N2O2/c33-32(34,35)29-9-5-4-8-27(29)22-36-16-14-24(15-17-36)10-12-30(38)26-11-13-31-28(20-26)23-37(18-19-39-31)21-25-6-2-1-3-7-25/h1-9,11,13,20,24H,10,12,14-19,21-23H2. The topological polar surface area (TPSA) is 32.8 Å². The first-order chi connectivity index (χ1) is 18.8. The zero-order valence-corrected chi connectivity index (χ0v) is 22.1. The predicted molar refractivity (Wildman–Crippen MR) is 146 cm³/mol. The molecule has 0 saturated carbocycles. The zero-order valence-electron chi connectivity index (χ0n) is 22.1. The van der Waals surface area contributed by atoms with Crippen LogP contribution in [0.15, 0.2) is 72.8 Å². The molecular weight excluding hydrogens is 501 g/mol. The fraction of sp³-hybridized carbons (Fsp3) is 0.406. The van der Waals surface area contributed by atoms with Crippen LogP contribution in [0.25, 0.3) is 0 Å². The maximum absolute atomic E-state index is 13.3. The first-order valence-corrected chi connectivity index (χ1v) is 13.8. The van der Waals surface area contributed by atoms with Gasteiger partial charge in [0, 0.05) is 43.7 Å². The number of likely N-dealkylation sites (tertiary alicyclic amines) is 1. The molecule has 0 N–H and O–H groups in total. The van der Waals surface area contributed by atoms with E-state index in [1.165, 1.54) is 11.6 Å². The molecule has 2 aliphatic rings. The quantitative estimate of drug-likeness (QED) is 0.291. The lowest BCUT2D eigenvalue weighted by Crippen LogP contribution is -2.34. The lowest BCUT2D eigenvalue weighted by Gasteiger charge is -2.32. The summed E-state index contributed by atoms with van der Waals surface area (Å²) in [5.41, 5.74) is 2.80. The van der Waals surface area contributed by atoms with E-state index in [0.29, 0.717) is 31.1 Å². The highest BCUT2D eigenvalue weighted by atomic mass is 19.4. The Kier molecular flexibility index (Phi) is 8.68. The third-order valence-corrected chi connectivity index (χ3v) is 7.89. The van der Waals surface area contributed by atoms with Crippen molar-refractivity contribution in [1.29, 1.82) is 0 Å². The lowest BCUT2D eigenvalue weighted by molar-refractivity contribution is -0.138. The van der Waals surface area contributed by atoms with Crippen LogP contribution in [-0.2, 0) is 25.8 Å². The Morgan fingerprint density at radius 3 is 2.38 bits per heavy atom. The van der Waals surface area contributed by atoms with Crippen LogP contribution in [-0.4, -0.2) is 41.8 Å². The summed E-state index contributed by atoms with van der Waals surface area (Å²) >= 11 is 0. The molecular formula is C32H35F3N2O2. The Morgan fingerprint density at radius 2 is 1.62 bits per heavy atom. The molecule has 2 heterocycles. The SMILES string of the molecule is O=C(CCC1CCN(Cc2ccccc2C(F)(F)F)CC1)c1ccc2c(c1)CN(Cc1ccccc1)CCO2. The van der Waals surface area contributed by atoms with Gasteiger partial charge in [-0.15, -0.1) is 0 Å². The van der Waals surface area contributed by atoms with Crippen molar-refractivity contribution in [3.05, 3.63) is 101 Å². The summed E-state index contributed by atoms with van der Waals surface area (Å²) in [7, 11) is 0. The van der Waals surface area contributed by atoms with Crippen molar-refractivity contribution >= 4 is 5.78 Å². The van der Waals surface area contributed by atoms with Crippen LogP contribution in [0, 0.1) is 5.92 Å². The van der Waals surface area contributed by atoms with Crippen molar-refractivity contribution in [1.82, 2.24) is 9.80 Å². The molecule has 39 heavy (non-hydrogen) atoms. The van der Waals surface area contributed by atoms with Crippen LogP contribution in [0.1, 0.15) is 58.3 Å². The fourth-order valence-corrected chi connectivity index (χ4v) is 5.69. The number of benzene rings is 3. The number of fused-ring (bicyclic) bond motifs is 1. The maximum atomic E-state index is 13.3. The number of ketones is 1. The number of Topliss-reactive ketones (excluding diaryl/α,β-unsaturated/α-hetero) is 1. The van der Waals surface area contributed by atoms with E-state index < -0.39 is 11.7 Å². The number of hydrogen-bond acceptors (Lipinski definition) is 4. The second kappa shape index (κ2) is 12.3. The van der Waals surface area contributed by atoms with Gasteiger partial charge < -0.3 is 4.74 Å². The molecule has 5 rings (SSSR count). The zero-order chi connectivity index (χ0) is 27.2. The van der Waals surface area contributed by atoms with Crippen molar-refractivity contribution in [2.24, 2.45) is 5.92 Å². The molecule has 0 aromatic heterocycles.